The minimum absolute atomic E-state index is 0.117. The first-order valence-corrected chi connectivity index (χ1v) is 8.55. The summed E-state index contributed by atoms with van der Waals surface area (Å²) in [6.45, 7) is 11.4. The van der Waals surface area contributed by atoms with Crippen LogP contribution in [-0.4, -0.2) is 42.8 Å². The van der Waals surface area contributed by atoms with Gasteiger partial charge in [0.15, 0.2) is 0 Å². The Morgan fingerprint density at radius 2 is 2.14 bits per heavy atom. The van der Waals surface area contributed by atoms with E-state index in [1.807, 2.05) is 4.90 Å². The summed E-state index contributed by atoms with van der Waals surface area (Å²) in [4.78, 5) is 14.5. The molecule has 0 spiro atoms. The summed E-state index contributed by atoms with van der Waals surface area (Å²) >= 11 is 0. The van der Waals surface area contributed by atoms with Gasteiger partial charge in [0.2, 0.25) is 0 Å². The summed E-state index contributed by atoms with van der Waals surface area (Å²) in [6.07, 6.45) is 4.90. The molecule has 4 heteroatoms. The Kier molecular flexibility index (Phi) is 3.71. The van der Waals surface area contributed by atoms with Crippen molar-refractivity contribution in [3.8, 4) is 0 Å². The molecule has 1 saturated heterocycles. The number of morpholine rings is 1. The lowest BCUT2D eigenvalue weighted by molar-refractivity contribution is -0.0166. The van der Waals surface area contributed by atoms with Crippen molar-refractivity contribution in [2.45, 2.75) is 65.5 Å². The van der Waals surface area contributed by atoms with Gasteiger partial charge in [-0.3, -0.25) is 0 Å². The number of carbonyl (C=O) groups excluding carboxylic acids is 1. The van der Waals surface area contributed by atoms with Crippen LogP contribution in [0.1, 0.15) is 53.4 Å². The molecule has 21 heavy (non-hydrogen) atoms. The third kappa shape index (κ3) is 2.26. The molecule has 2 aliphatic carbocycles. The molecule has 1 N–H and O–H groups in total. The van der Waals surface area contributed by atoms with Crippen molar-refractivity contribution in [2.24, 2.45) is 16.7 Å². The molecule has 1 heterocycles. The van der Waals surface area contributed by atoms with Crippen molar-refractivity contribution < 1.29 is 9.53 Å². The maximum Gasteiger partial charge on any atom is 0.317 e. The van der Waals surface area contributed by atoms with Gasteiger partial charge in [-0.2, -0.15) is 0 Å². The summed E-state index contributed by atoms with van der Waals surface area (Å²) in [5, 5.41) is 3.35. The Bertz CT molecular complexity index is 423. The zero-order valence-electron chi connectivity index (χ0n) is 13.9. The van der Waals surface area contributed by atoms with Crippen LogP contribution in [0.2, 0.25) is 0 Å². The van der Waals surface area contributed by atoms with Gasteiger partial charge in [0.25, 0.3) is 0 Å². The highest BCUT2D eigenvalue weighted by molar-refractivity contribution is 5.75. The molecule has 3 fully saturated rings. The van der Waals surface area contributed by atoms with E-state index >= 15 is 0 Å². The predicted octanol–water partition coefficient (Wildman–Crippen LogP) is 3.02. The number of nitrogens with one attached hydrogen (secondary N) is 1. The molecule has 0 aromatic rings. The second-order valence-corrected chi connectivity index (χ2v) is 7.96. The van der Waals surface area contributed by atoms with E-state index in [9.17, 15) is 4.79 Å². The molecule has 3 rings (SSSR count). The zero-order valence-corrected chi connectivity index (χ0v) is 13.9. The fourth-order valence-corrected chi connectivity index (χ4v) is 4.81. The van der Waals surface area contributed by atoms with Crippen LogP contribution < -0.4 is 5.32 Å². The van der Waals surface area contributed by atoms with Gasteiger partial charge in [-0.1, -0.05) is 27.7 Å². The van der Waals surface area contributed by atoms with E-state index in [1.54, 1.807) is 0 Å². The number of fused-ring (bicyclic) bond motifs is 2. The largest absolute Gasteiger partial charge is 0.375 e. The topological polar surface area (TPSA) is 41.6 Å². The van der Waals surface area contributed by atoms with Gasteiger partial charge in [0, 0.05) is 19.1 Å². The van der Waals surface area contributed by atoms with Crippen molar-refractivity contribution in [1.82, 2.24) is 10.2 Å². The van der Waals surface area contributed by atoms with Crippen LogP contribution in [0.5, 0.6) is 0 Å². The Hall–Kier alpha value is -0.770. The number of urea groups is 1. The minimum atomic E-state index is 0.117. The van der Waals surface area contributed by atoms with Crippen LogP contribution in [0.4, 0.5) is 4.79 Å². The van der Waals surface area contributed by atoms with Crippen molar-refractivity contribution in [2.75, 3.05) is 19.7 Å². The van der Waals surface area contributed by atoms with E-state index in [0.29, 0.717) is 18.1 Å². The van der Waals surface area contributed by atoms with Gasteiger partial charge in [-0.15, -0.1) is 0 Å². The van der Waals surface area contributed by atoms with Crippen LogP contribution in [-0.2, 0) is 4.74 Å². The first-order valence-electron chi connectivity index (χ1n) is 8.55. The molecule has 3 aliphatic rings. The lowest BCUT2D eigenvalue weighted by Crippen LogP contribution is -2.55. The van der Waals surface area contributed by atoms with Gasteiger partial charge in [-0.25, -0.2) is 4.79 Å². The summed E-state index contributed by atoms with van der Waals surface area (Å²) in [5.41, 5.74) is 0.603. The van der Waals surface area contributed by atoms with E-state index in [-0.39, 0.29) is 17.6 Å². The van der Waals surface area contributed by atoms with E-state index in [4.69, 9.17) is 4.74 Å². The summed E-state index contributed by atoms with van der Waals surface area (Å²) in [5.74, 6) is 0.765. The van der Waals surface area contributed by atoms with Crippen LogP contribution in [0.3, 0.4) is 0 Å². The number of carbonyl (C=O) groups is 1. The highest BCUT2D eigenvalue weighted by atomic mass is 16.5. The number of rotatable bonds is 2. The number of hydrogen-bond donors (Lipinski definition) is 1. The average Bonchev–Trinajstić information content (AvgIpc) is 2.80. The summed E-state index contributed by atoms with van der Waals surface area (Å²) in [7, 11) is 0. The second kappa shape index (κ2) is 5.15. The van der Waals surface area contributed by atoms with Crippen molar-refractivity contribution >= 4 is 6.03 Å². The van der Waals surface area contributed by atoms with Gasteiger partial charge in [0.05, 0.1) is 12.7 Å². The Morgan fingerprint density at radius 1 is 1.38 bits per heavy atom. The van der Waals surface area contributed by atoms with E-state index in [2.05, 4.69) is 33.0 Å². The third-order valence-corrected chi connectivity index (χ3v) is 6.97. The number of amides is 2. The van der Waals surface area contributed by atoms with E-state index < -0.39 is 0 Å². The Balaban J connectivity index is 1.64. The molecule has 2 saturated carbocycles. The van der Waals surface area contributed by atoms with Crippen LogP contribution in [0, 0.1) is 16.7 Å². The molecule has 120 valence electrons. The third-order valence-electron chi connectivity index (χ3n) is 6.97. The molecular formula is C17H30N2O2. The van der Waals surface area contributed by atoms with E-state index in [1.165, 1.54) is 12.8 Å². The molecule has 1 aliphatic heterocycles. The van der Waals surface area contributed by atoms with Gasteiger partial charge in [0.1, 0.15) is 0 Å². The molecule has 0 radical (unpaired) electrons. The monoisotopic (exact) mass is 294 g/mol. The lowest BCUT2D eigenvalue weighted by atomic mass is 9.69. The Morgan fingerprint density at radius 3 is 2.71 bits per heavy atom. The fourth-order valence-electron chi connectivity index (χ4n) is 4.81. The first-order chi connectivity index (χ1) is 9.88. The quantitative estimate of drug-likeness (QED) is 0.850. The average molecular weight is 294 g/mol. The molecular weight excluding hydrogens is 264 g/mol. The van der Waals surface area contributed by atoms with Gasteiger partial charge >= 0.3 is 6.03 Å². The first kappa shape index (κ1) is 15.1. The molecule has 4 nitrogen and oxygen atoms in total. The normalized spacial score (nSPS) is 41.3. The second-order valence-electron chi connectivity index (χ2n) is 7.96. The van der Waals surface area contributed by atoms with Crippen molar-refractivity contribution in [3.63, 3.8) is 0 Å². The fraction of sp³-hybridized carbons (Fsp3) is 0.941. The molecule has 2 amide bonds. The molecule has 4 atom stereocenters. The maximum absolute atomic E-state index is 12.6. The summed E-state index contributed by atoms with van der Waals surface area (Å²) in [6, 6.07) is 0.452. The number of ether oxygens (including phenoxy) is 1. The van der Waals surface area contributed by atoms with Gasteiger partial charge < -0.3 is 15.0 Å². The number of nitrogens with zero attached hydrogens (tertiary/aromatic N) is 1. The Labute approximate surface area is 128 Å². The SMILES string of the molecule is CCC1CN(C(=O)N[C@@H]2C[C@H]3CC[C@]2(C)C3(C)C)CCO1. The summed E-state index contributed by atoms with van der Waals surface area (Å²) < 4.78 is 5.66. The van der Waals surface area contributed by atoms with Gasteiger partial charge in [-0.05, 0) is 42.4 Å². The molecule has 0 aromatic heterocycles. The smallest absolute Gasteiger partial charge is 0.317 e. The van der Waals surface area contributed by atoms with Crippen LogP contribution >= 0.6 is 0 Å². The predicted molar refractivity (Wildman–Crippen MR) is 83.2 cm³/mol. The van der Waals surface area contributed by atoms with Crippen LogP contribution in [0.15, 0.2) is 0 Å². The zero-order chi connectivity index (χ0) is 15.3. The molecule has 1 unspecified atom stereocenters. The van der Waals surface area contributed by atoms with Crippen LogP contribution in [0.25, 0.3) is 0 Å². The van der Waals surface area contributed by atoms with Crippen molar-refractivity contribution in [1.29, 1.82) is 0 Å². The maximum atomic E-state index is 12.6. The molecule has 0 aromatic carbocycles. The number of hydrogen-bond acceptors (Lipinski definition) is 2. The van der Waals surface area contributed by atoms with E-state index in [0.717, 1.165) is 31.8 Å². The highest BCUT2D eigenvalue weighted by Crippen LogP contribution is 2.65. The lowest BCUT2D eigenvalue weighted by Gasteiger charge is -2.41. The minimum Gasteiger partial charge on any atom is -0.375 e. The van der Waals surface area contributed by atoms with Crippen molar-refractivity contribution in [3.05, 3.63) is 0 Å². The molecule has 2 bridgehead atoms. The highest BCUT2D eigenvalue weighted by Gasteiger charge is 2.61. The standard InChI is InChI=1S/C17H30N2O2/c1-5-13-11-19(8-9-21-13)15(20)18-14-10-12-6-7-17(14,4)16(12,2)3/h12-14H,5-11H2,1-4H3,(H,18,20)/t12-,13?,14-,17+/m1/s1.